The highest BCUT2D eigenvalue weighted by Gasteiger charge is 2.07. The fourth-order valence-electron chi connectivity index (χ4n) is 1.61. The van der Waals surface area contributed by atoms with Gasteiger partial charge in [-0.3, -0.25) is 4.79 Å². The number of aryl methyl sites for hydroxylation is 1. The maximum Gasteiger partial charge on any atom is 0.262 e. The van der Waals surface area contributed by atoms with Crippen LogP contribution in [-0.4, -0.2) is 17.6 Å². The molecule has 0 fully saturated rings. The van der Waals surface area contributed by atoms with Gasteiger partial charge in [0.1, 0.15) is 17.3 Å². The molecule has 2 aromatic carbocycles. The Morgan fingerprint density at radius 1 is 1.25 bits per heavy atom. The standard InChI is InChI=1S/C15H14FNO3/c1-10-2-3-11(16)8-14(10)17-15(19)9-20-13-6-4-12(18)5-7-13/h2-8,18H,9H2,1H3,(H,17,19). The molecule has 0 bridgehead atoms. The second-order valence-electron chi connectivity index (χ2n) is 4.29. The summed E-state index contributed by atoms with van der Waals surface area (Å²) in [4.78, 5) is 11.7. The minimum absolute atomic E-state index is 0.122. The second kappa shape index (κ2) is 6.06. The van der Waals surface area contributed by atoms with Crippen molar-refractivity contribution in [3.63, 3.8) is 0 Å². The number of ether oxygens (including phenoxy) is 1. The Bertz CT molecular complexity index is 611. The van der Waals surface area contributed by atoms with E-state index in [1.807, 2.05) is 0 Å². The predicted octanol–water partition coefficient (Wildman–Crippen LogP) is 2.86. The molecule has 0 aliphatic heterocycles. The van der Waals surface area contributed by atoms with Crippen LogP contribution < -0.4 is 10.1 Å². The molecular formula is C15H14FNO3. The molecule has 0 atom stereocenters. The predicted molar refractivity (Wildman–Crippen MR) is 73.4 cm³/mol. The zero-order valence-corrected chi connectivity index (χ0v) is 10.9. The molecule has 0 saturated heterocycles. The number of phenols is 1. The highest BCUT2D eigenvalue weighted by atomic mass is 19.1. The first-order chi connectivity index (χ1) is 9.54. The van der Waals surface area contributed by atoms with Crippen LogP contribution >= 0.6 is 0 Å². The highest BCUT2D eigenvalue weighted by molar-refractivity contribution is 5.92. The van der Waals surface area contributed by atoms with Gasteiger partial charge in [0.15, 0.2) is 6.61 Å². The van der Waals surface area contributed by atoms with E-state index in [9.17, 15) is 9.18 Å². The third-order valence-corrected chi connectivity index (χ3v) is 2.68. The Balaban J connectivity index is 1.92. The normalized spacial score (nSPS) is 10.1. The van der Waals surface area contributed by atoms with Crippen molar-refractivity contribution >= 4 is 11.6 Å². The average molecular weight is 275 g/mol. The number of hydrogen-bond acceptors (Lipinski definition) is 3. The Labute approximate surface area is 115 Å². The highest BCUT2D eigenvalue weighted by Crippen LogP contribution is 2.17. The molecular weight excluding hydrogens is 261 g/mol. The quantitative estimate of drug-likeness (QED) is 0.902. The lowest BCUT2D eigenvalue weighted by Gasteiger charge is -2.09. The number of carbonyl (C=O) groups is 1. The van der Waals surface area contributed by atoms with Crippen LogP contribution in [0.5, 0.6) is 11.5 Å². The number of aromatic hydroxyl groups is 1. The topological polar surface area (TPSA) is 58.6 Å². The summed E-state index contributed by atoms with van der Waals surface area (Å²) in [5.41, 5.74) is 1.19. The summed E-state index contributed by atoms with van der Waals surface area (Å²) < 4.78 is 18.3. The van der Waals surface area contributed by atoms with E-state index in [1.54, 1.807) is 25.1 Å². The lowest BCUT2D eigenvalue weighted by atomic mass is 10.2. The van der Waals surface area contributed by atoms with Crippen LogP contribution in [0.2, 0.25) is 0 Å². The molecule has 1 amide bonds. The molecule has 2 N–H and O–H groups in total. The van der Waals surface area contributed by atoms with Crippen molar-refractivity contribution in [1.82, 2.24) is 0 Å². The van der Waals surface area contributed by atoms with E-state index in [2.05, 4.69) is 5.32 Å². The first-order valence-electron chi connectivity index (χ1n) is 6.02. The van der Waals surface area contributed by atoms with Gasteiger partial charge < -0.3 is 15.2 Å². The zero-order chi connectivity index (χ0) is 14.5. The number of carbonyl (C=O) groups excluding carboxylic acids is 1. The average Bonchev–Trinajstić information content (AvgIpc) is 2.42. The number of amides is 1. The lowest BCUT2D eigenvalue weighted by molar-refractivity contribution is -0.118. The SMILES string of the molecule is Cc1ccc(F)cc1NC(=O)COc1ccc(O)cc1. The molecule has 20 heavy (non-hydrogen) atoms. The fourth-order valence-corrected chi connectivity index (χ4v) is 1.61. The van der Waals surface area contributed by atoms with E-state index in [0.29, 0.717) is 11.4 Å². The van der Waals surface area contributed by atoms with Gasteiger partial charge >= 0.3 is 0 Å². The summed E-state index contributed by atoms with van der Waals surface area (Å²) in [6.45, 7) is 1.58. The minimum atomic E-state index is -0.412. The van der Waals surface area contributed by atoms with Gasteiger partial charge in [-0.25, -0.2) is 4.39 Å². The molecule has 2 aromatic rings. The molecule has 4 nitrogen and oxygen atoms in total. The van der Waals surface area contributed by atoms with Crippen LogP contribution in [0.15, 0.2) is 42.5 Å². The van der Waals surface area contributed by atoms with Gasteiger partial charge in [0.05, 0.1) is 0 Å². The van der Waals surface area contributed by atoms with Gasteiger partial charge in [-0.15, -0.1) is 0 Å². The van der Waals surface area contributed by atoms with E-state index >= 15 is 0 Å². The van der Waals surface area contributed by atoms with Crippen LogP contribution in [0.4, 0.5) is 10.1 Å². The first kappa shape index (κ1) is 13.9. The summed E-state index contributed by atoms with van der Waals surface area (Å²) >= 11 is 0. The van der Waals surface area contributed by atoms with E-state index < -0.39 is 5.82 Å². The van der Waals surface area contributed by atoms with Crippen LogP contribution in [0.1, 0.15) is 5.56 Å². The van der Waals surface area contributed by atoms with Crippen molar-refractivity contribution in [2.45, 2.75) is 6.92 Å². The number of nitrogens with one attached hydrogen (secondary N) is 1. The molecule has 0 aliphatic rings. The van der Waals surface area contributed by atoms with Crippen LogP contribution in [0.25, 0.3) is 0 Å². The van der Waals surface area contributed by atoms with Crippen molar-refractivity contribution in [2.75, 3.05) is 11.9 Å². The molecule has 0 spiro atoms. The summed E-state index contributed by atoms with van der Waals surface area (Å²) in [6.07, 6.45) is 0. The number of benzene rings is 2. The molecule has 5 heteroatoms. The molecule has 0 radical (unpaired) electrons. The van der Waals surface area contributed by atoms with Gasteiger partial charge in [-0.1, -0.05) is 6.07 Å². The Morgan fingerprint density at radius 2 is 1.95 bits per heavy atom. The molecule has 104 valence electrons. The molecule has 0 heterocycles. The van der Waals surface area contributed by atoms with Crippen LogP contribution in [0.3, 0.4) is 0 Å². The fraction of sp³-hybridized carbons (Fsp3) is 0.133. The van der Waals surface area contributed by atoms with Gasteiger partial charge in [-0.05, 0) is 48.9 Å². The number of rotatable bonds is 4. The van der Waals surface area contributed by atoms with Crippen LogP contribution in [0, 0.1) is 12.7 Å². The monoisotopic (exact) mass is 275 g/mol. The number of anilines is 1. The van der Waals surface area contributed by atoms with E-state index in [0.717, 1.165) is 5.56 Å². The van der Waals surface area contributed by atoms with Crippen molar-refractivity contribution < 1.29 is 19.0 Å². The maximum absolute atomic E-state index is 13.1. The minimum Gasteiger partial charge on any atom is -0.508 e. The van der Waals surface area contributed by atoms with E-state index in [-0.39, 0.29) is 18.3 Å². The summed E-state index contributed by atoms with van der Waals surface area (Å²) in [5.74, 6) is -0.205. The molecule has 2 rings (SSSR count). The molecule has 0 unspecified atom stereocenters. The zero-order valence-electron chi connectivity index (χ0n) is 10.9. The van der Waals surface area contributed by atoms with Gasteiger partial charge in [0.2, 0.25) is 0 Å². The van der Waals surface area contributed by atoms with Crippen molar-refractivity contribution in [2.24, 2.45) is 0 Å². The number of hydrogen-bond donors (Lipinski definition) is 2. The number of halogens is 1. The maximum atomic E-state index is 13.1. The Kier molecular flexibility index (Phi) is 4.20. The summed E-state index contributed by atoms with van der Waals surface area (Å²) in [6, 6.07) is 10.2. The number of phenolic OH excluding ortho intramolecular Hbond substituents is 1. The summed E-state index contributed by atoms with van der Waals surface area (Å²) in [5, 5.41) is 11.7. The van der Waals surface area contributed by atoms with Crippen LogP contribution in [-0.2, 0) is 4.79 Å². The lowest BCUT2D eigenvalue weighted by Crippen LogP contribution is -2.20. The largest absolute Gasteiger partial charge is 0.508 e. The Morgan fingerprint density at radius 3 is 2.65 bits per heavy atom. The van der Waals surface area contributed by atoms with Crippen molar-refractivity contribution in [3.05, 3.63) is 53.8 Å². The second-order valence-corrected chi connectivity index (χ2v) is 4.29. The summed E-state index contributed by atoms with van der Waals surface area (Å²) in [7, 11) is 0. The van der Waals surface area contributed by atoms with Gasteiger partial charge in [0, 0.05) is 5.69 Å². The van der Waals surface area contributed by atoms with Gasteiger partial charge in [0.25, 0.3) is 5.91 Å². The van der Waals surface area contributed by atoms with E-state index in [1.165, 1.54) is 24.3 Å². The third-order valence-electron chi connectivity index (χ3n) is 2.68. The van der Waals surface area contributed by atoms with E-state index in [4.69, 9.17) is 9.84 Å². The molecule has 0 aliphatic carbocycles. The smallest absolute Gasteiger partial charge is 0.262 e. The van der Waals surface area contributed by atoms with Crippen molar-refractivity contribution in [3.8, 4) is 11.5 Å². The molecule has 0 aromatic heterocycles. The Hall–Kier alpha value is -2.56. The molecule has 0 saturated carbocycles. The van der Waals surface area contributed by atoms with Gasteiger partial charge in [-0.2, -0.15) is 0 Å². The van der Waals surface area contributed by atoms with Crippen molar-refractivity contribution in [1.29, 1.82) is 0 Å². The third kappa shape index (κ3) is 3.71. The first-order valence-corrected chi connectivity index (χ1v) is 6.02.